The van der Waals surface area contributed by atoms with Crippen LogP contribution in [0, 0.1) is 15.9 Å². The second-order valence-electron chi connectivity index (χ2n) is 3.92. The summed E-state index contributed by atoms with van der Waals surface area (Å²) in [4.78, 5) is 9.96. The van der Waals surface area contributed by atoms with Crippen LogP contribution >= 0.6 is 11.6 Å². The van der Waals surface area contributed by atoms with Crippen LogP contribution in [0.25, 0.3) is 0 Å². The molecule has 0 fully saturated rings. The normalized spacial score (nSPS) is 11.4. The molecule has 0 bridgehead atoms. The van der Waals surface area contributed by atoms with Crippen LogP contribution in [0.5, 0.6) is 0 Å². The number of hydrogen-bond donors (Lipinski definition) is 4. The monoisotopic (exact) mass is 294 g/mol. The standard InChI is InChI=1S/C10H12ClFN2O5/c11-6-1-8(9(14(18)19)2-7(6)12)13-10(3-15,4-16)5-17/h1-2,13,15-17H,3-5H2. The Labute approximate surface area is 112 Å². The maximum atomic E-state index is 13.2. The summed E-state index contributed by atoms with van der Waals surface area (Å²) < 4.78 is 13.2. The van der Waals surface area contributed by atoms with Gasteiger partial charge in [0, 0.05) is 0 Å². The first-order valence-corrected chi connectivity index (χ1v) is 5.51. The smallest absolute Gasteiger partial charge is 0.295 e. The minimum absolute atomic E-state index is 0.214. The summed E-state index contributed by atoms with van der Waals surface area (Å²) in [5, 5.41) is 40.3. The fraction of sp³-hybridized carbons (Fsp3) is 0.400. The lowest BCUT2D eigenvalue weighted by Crippen LogP contribution is -2.49. The highest BCUT2D eigenvalue weighted by atomic mass is 35.5. The molecule has 1 aromatic carbocycles. The maximum absolute atomic E-state index is 13.2. The van der Waals surface area contributed by atoms with E-state index in [1.807, 2.05) is 0 Å². The molecule has 0 radical (unpaired) electrons. The lowest BCUT2D eigenvalue weighted by Gasteiger charge is -2.29. The van der Waals surface area contributed by atoms with Gasteiger partial charge in [-0.25, -0.2) is 4.39 Å². The largest absolute Gasteiger partial charge is 0.394 e. The molecule has 0 aromatic heterocycles. The Hall–Kier alpha value is -1.48. The predicted octanol–water partition coefficient (Wildman–Crippen LogP) is 0.515. The molecular weight excluding hydrogens is 283 g/mol. The summed E-state index contributed by atoms with van der Waals surface area (Å²) in [7, 11) is 0. The van der Waals surface area contributed by atoms with Crippen LogP contribution in [0.2, 0.25) is 5.02 Å². The second-order valence-corrected chi connectivity index (χ2v) is 4.33. The van der Waals surface area contributed by atoms with Gasteiger partial charge in [0.1, 0.15) is 17.0 Å². The fourth-order valence-electron chi connectivity index (χ4n) is 1.34. The molecule has 0 saturated heterocycles. The van der Waals surface area contributed by atoms with E-state index in [0.717, 1.165) is 6.07 Å². The first-order chi connectivity index (χ1) is 8.89. The third-order valence-electron chi connectivity index (χ3n) is 2.54. The molecule has 0 atom stereocenters. The first kappa shape index (κ1) is 15.6. The highest BCUT2D eigenvalue weighted by Crippen LogP contribution is 2.32. The van der Waals surface area contributed by atoms with E-state index in [1.54, 1.807) is 0 Å². The Bertz CT molecular complexity index is 473. The molecule has 4 N–H and O–H groups in total. The topological polar surface area (TPSA) is 116 Å². The van der Waals surface area contributed by atoms with E-state index in [1.165, 1.54) is 0 Å². The summed E-state index contributed by atoms with van der Waals surface area (Å²) in [6.07, 6.45) is 0. The van der Waals surface area contributed by atoms with E-state index >= 15 is 0 Å². The van der Waals surface area contributed by atoms with Crippen LogP contribution in [0.4, 0.5) is 15.8 Å². The summed E-state index contributed by atoms with van der Waals surface area (Å²) in [5.74, 6) is -0.971. The van der Waals surface area contributed by atoms with Crippen molar-refractivity contribution in [3.8, 4) is 0 Å². The number of hydrogen-bond acceptors (Lipinski definition) is 6. The molecule has 106 valence electrons. The number of aliphatic hydroxyl groups is 3. The molecule has 19 heavy (non-hydrogen) atoms. The van der Waals surface area contributed by atoms with Crippen molar-refractivity contribution in [1.82, 2.24) is 0 Å². The Balaban J connectivity index is 3.26. The fourth-order valence-corrected chi connectivity index (χ4v) is 1.51. The predicted molar refractivity (Wildman–Crippen MR) is 65.7 cm³/mol. The maximum Gasteiger partial charge on any atom is 0.295 e. The number of aliphatic hydroxyl groups excluding tert-OH is 3. The molecule has 0 amide bonds. The lowest BCUT2D eigenvalue weighted by atomic mass is 10.0. The van der Waals surface area contributed by atoms with E-state index in [4.69, 9.17) is 26.9 Å². The van der Waals surface area contributed by atoms with Crippen molar-refractivity contribution in [1.29, 1.82) is 0 Å². The number of anilines is 1. The van der Waals surface area contributed by atoms with Crippen molar-refractivity contribution in [2.24, 2.45) is 0 Å². The Morgan fingerprint density at radius 1 is 1.32 bits per heavy atom. The average molecular weight is 295 g/mol. The van der Waals surface area contributed by atoms with Gasteiger partial charge >= 0.3 is 0 Å². The van der Waals surface area contributed by atoms with E-state index in [0.29, 0.717) is 6.07 Å². The van der Waals surface area contributed by atoms with E-state index in [-0.39, 0.29) is 10.7 Å². The molecule has 1 aromatic rings. The van der Waals surface area contributed by atoms with Crippen molar-refractivity contribution in [3.63, 3.8) is 0 Å². The van der Waals surface area contributed by atoms with Gasteiger partial charge in [0.15, 0.2) is 0 Å². The van der Waals surface area contributed by atoms with E-state index < -0.39 is 41.8 Å². The Kier molecular flexibility index (Phi) is 5.01. The highest BCUT2D eigenvalue weighted by Gasteiger charge is 2.31. The Morgan fingerprint density at radius 3 is 2.26 bits per heavy atom. The van der Waals surface area contributed by atoms with Crippen LogP contribution in [0.15, 0.2) is 12.1 Å². The molecule has 0 aliphatic carbocycles. The molecule has 7 nitrogen and oxygen atoms in total. The van der Waals surface area contributed by atoms with Gasteiger partial charge in [0.2, 0.25) is 0 Å². The van der Waals surface area contributed by atoms with Crippen molar-refractivity contribution < 1.29 is 24.6 Å². The molecule has 0 spiro atoms. The van der Waals surface area contributed by atoms with Crippen LogP contribution in [0.3, 0.4) is 0 Å². The zero-order valence-electron chi connectivity index (χ0n) is 9.64. The van der Waals surface area contributed by atoms with Crippen LogP contribution < -0.4 is 5.32 Å². The Morgan fingerprint density at radius 2 is 1.84 bits per heavy atom. The van der Waals surface area contributed by atoms with Gasteiger partial charge in [-0.15, -0.1) is 0 Å². The third kappa shape index (κ3) is 3.29. The second kappa shape index (κ2) is 6.11. The van der Waals surface area contributed by atoms with Gasteiger partial charge in [0.05, 0.1) is 35.8 Å². The van der Waals surface area contributed by atoms with Gasteiger partial charge < -0.3 is 20.6 Å². The summed E-state index contributed by atoms with van der Waals surface area (Å²) >= 11 is 5.52. The van der Waals surface area contributed by atoms with Crippen molar-refractivity contribution >= 4 is 23.0 Å². The van der Waals surface area contributed by atoms with Gasteiger partial charge in [0.25, 0.3) is 5.69 Å². The number of nitrogens with one attached hydrogen (secondary N) is 1. The summed E-state index contributed by atoms with van der Waals surface area (Å²) in [5.41, 5.74) is -2.42. The van der Waals surface area contributed by atoms with Gasteiger partial charge in [-0.05, 0) is 6.07 Å². The van der Waals surface area contributed by atoms with Gasteiger partial charge in [-0.1, -0.05) is 11.6 Å². The zero-order chi connectivity index (χ0) is 14.6. The minimum Gasteiger partial charge on any atom is -0.394 e. The number of nitro groups is 1. The molecule has 1 rings (SSSR count). The van der Waals surface area contributed by atoms with E-state index in [2.05, 4.69) is 5.32 Å². The number of nitro benzene ring substituents is 1. The number of nitrogens with zero attached hydrogens (tertiary/aromatic N) is 1. The zero-order valence-corrected chi connectivity index (χ0v) is 10.4. The van der Waals surface area contributed by atoms with Crippen LogP contribution in [-0.2, 0) is 0 Å². The molecule has 0 heterocycles. The number of halogens is 2. The quantitative estimate of drug-likeness (QED) is 0.449. The third-order valence-corrected chi connectivity index (χ3v) is 2.83. The molecule has 0 saturated carbocycles. The average Bonchev–Trinajstić information content (AvgIpc) is 2.39. The van der Waals surface area contributed by atoms with Gasteiger partial charge in [-0.3, -0.25) is 10.1 Å². The highest BCUT2D eigenvalue weighted by molar-refractivity contribution is 6.31. The number of benzene rings is 1. The van der Waals surface area contributed by atoms with Crippen molar-refractivity contribution in [3.05, 3.63) is 33.1 Å². The molecular formula is C10H12ClFN2O5. The SMILES string of the molecule is O=[N+]([O-])c1cc(F)c(Cl)cc1NC(CO)(CO)CO. The molecule has 0 aliphatic heterocycles. The molecule has 0 unspecified atom stereocenters. The van der Waals surface area contributed by atoms with Crippen LogP contribution in [0.1, 0.15) is 0 Å². The number of rotatable bonds is 6. The molecule has 9 heteroatoms. The minimum atomic E-state index is -1.58. The molecule has 0 aliphatic rings. The van der Waals surface area contributed by atoms with Crippen molar-refractivity contribution in [2.45, 2.75) is 5.54 Å². The van der Waals surface area contributed by atoms with Gasteiger partial charge in [-0.2, -0.15) is 0 Å². The first-order valence-electron chi connectivity index (χ1n) is 5.13. The summed E-state index contributed by atoms with van der Waals surface area (Å²) in [6, 6.07) is 1.56. The lowest BCUT2D eigenvalue weighted by molar-refractivity contribution is -0.384. The van der Waals surface area contributed by atoms with Crippen molar-refractivity contribution in [2.75, 3.05) is 25.1 Å². The van der Waals surface area contributed by atoms with E-state index in [9.17, 15) is 14.5 Å². The summed E-state index contributed by atoms with van der Waals surface area (Å²) in [6.45, 7) is -2.07. The van der Waals surface area contributed by atoms with Crippen LogP contribution in [-0.4, -0.2) is 45.6 Å².